The molecule has 0 spiro atoms. The maximum atomic E-state index is 5.37. The molecular weight excluding hydrogens is 212 g/mol. The second-order valence-electron chi connectivity index (χ2n) is 3.95. The van der Waals surface area contributed by atoms with Crippen molar-refractivity contribution in [1.82, 2.24) is 16.0 Å². The van der Waals surface area contributed by atoms with Crippen LogP contribution >= 0.6 is 0 Å². The van der Waals surface area contributed by atoms with E-state index in [1.807, 2.05) is 6.07 Å². The molecule has 0 unspecified atom stereocenters. The van der Waals surface area contributed by atoms with Crippen molar-refractivity contribution in [3.8, 4) is 0 Å². The van der Waals surface area contributed by atoms with Crippen LogP contribution in [-0.2, 0) is 6.54 Å². The van der Waals surface area contributed by atoms with E-state index in [1.165, 1.54) is 5.56 Å². The van der Waals surface area contributed by atoms with Crippen LogP contribution in [0.1, 0.15) is 5.56 Å². The second kappa shape index (κ2) is 10.2. The monoisotopic (exact) mass is 236 g/mol. The highest BCUT2D eigenvalue weighted by Gasteiger charge is 1.90. The first-order valence-corrected chi connectivity index (χ1v) is 6.29. The van der Waals surface area contributed by atoms with Gasteiger partial charge in [0.05, 0.1) is 0 Å². The van der Waals surface area contributed by atoms with Crippen LogP contribution in [-0.4, -0.2) is 39.3 Å². The van der Waals surface area contributed by atoms with Crippen molar-refractivity contribution in [2.75, 3.05) is 39.3 Å². The van der Waals surface area contributed by atoms with Crippen molar-refractivity contribution in [3.63, 3.8) is 0 Å². The smallest absolute Gasteiger partial charge is 0.0206 e. The molecule has 0 radical (unpaired) electrons. The number of nitrogens with two attached hydrogens (primary N) is 1. The molecule has 17 heavy (non-hydrogen) atoms. The van der Waals surface area contributed by atoms with Gasteiger partial charge in [-0.1, -0.05) is 30.3 Å². The van der Waals surface area contributed by atoms with Crippen LogP contribution in [0, 0.1) is 0 Å². The summed E-state index contributed by atoms with van der Waals surface area (Å²) in [5, 5.41) is 10.0. The van der Waals surface area contributed by atoms with E-state index in [0.717, 1.165) is 39.3 Å². The Balaban J connectivity index is 1.85. The topological polar surface area (TPSA) is 62.1 Å². The Bertz CT molecular complexity index is 263. The molecule has 0 aromatic heterocycles. The zero-order valence-electron chi connectivity index (χ0n) is 10.4. The fourth-order valence-corrected chi connectivity index (χ4v) is 1.53. The lowest BCUT2D eigenvalue weighted by Crippen LogP contribution is -2.34. The Labute approximate surface area is 104 Å². The van der Waals surface area contributed by atoms with E-state index in [9.17, 15) is 0 Å². The second-order valence-corrected chi connectivity index (χ2v) is 3.95. The van der Waals surface area contributed by atoms with E-state index in [1.54, 1.807) is 0 Å². The zero-order valence-corrected chi connectivity index (χ0v) is 10.4. The molecule has 1 rings (SSSR count). The van der Waals surface area contributed by atoms with Gasteiger partial charge < -0.3 is 21.7 Å². The first-order chi connectivity index (χ1) is 8.43. The molecule has 4 heteroatoms. The predicted molar refractivity (Wildman–Crippen MR) is 72.9 cm³/mol. The van der Waals surface area contributed by atoms with Gasteiger partial charge in [0.1, 0.15) is 0 Å². The van der Waals surface area contributed by atoms with Crippen LogP contribution < -0.4 is 21.7 Å². The average Bonchev–Trinajstić information content (AvgIpc) is 2.38. The van der Waals surface area contributed by atoms with Crippen molar-refractivity contribution in [3.05, 3.63) is 35.9 Å². The summed E-state index contributed by atoms with van der Waals surface area (Å²) in [6, 6.07) is 10.4. The maximum absolute atomic E-state index is 5.37. The van der Waals surface area contributed by atoms with E-state index >= 15 is 0 Å². The first-order valence-electron chi connectivity index (χ1n) is 6.29. The summed E-state index contributed by atoms with van der Waals surface area (Å²) < 4.78 is 0. The molecule has 0 aliphatic heterocycles. The highest BCUT2D eigenvalue weighted by atomic mass is 15.0. The fraction of sp³-hybridized carbons (Fsp3) is 0.538. The van der Waals surface area contributed by atoms with Crippen molar-refractivity contribution < 1.29 is 0 Å². The molecule has 0 fully saturated rings. The quantitative estimate of drug-likeness (QED) is 0.429. The lowest BCUT2D eigenvalue weighted by Gasteiger charge is -2.07. The molecule has 1 aromatic rings. The molecule has 0 heterocycles. The normalized spacial score (nSPS) is 10.6. The van der Waals surface area contributed by atoms with Gasteiger partial charge in [0.2, 0.25) is 0 Å². The third-order valence-electron chi connectivity index (χ3n) is 2.45. The molecule has 0 amide bonds. The highest BCUT2D eigenvalue weighted by Crippen LogP contribution is 1.96. The van der Waals surface area contributed by atoms with Gasteiger partial charge in [-0.25, -0.2) is 0 Å². The van der Waals surface area contributed by atoms with Gasteiger partial charge in [-0.3, -0.25) is 0 Å². The lowest BCUT2D eigenvalue weighted by molar-refractivity contribution is 0.583. The van der Waals surface area contributed by atoms with Crippen LogP contribution in [0.25, 0.3) is 0 Å². The third-order valence-corrected chi connectivity index (χ3v) is 2.45. The van der Waals surface area contributed by atoms with Crippen molar-refractivity contribution in [1.29, 1.82) is 0 Å². The number of hydrogen-bond acceptors (Lipinski definition) is 4. The molecule has 0 saturated heterocycles. The summed E-state index contributed by atoms with van der Waals surface area (Å²) in [5.41, 5.74) is 6.70. The van der Waals surface area contributed by atoms with Gasteiger partial charge in [0.25, 0.3) is 0 Å². The largest absolute Gasteiger partial charge is 0.329 e. The Morgan fingerprint density at radius 3 is 2.00 bits per heavy atom. The van der Waals surface area contributed by atoms with Gasteiger partial charge >= 0.3 is 0 Å². The molecular formula is C13H24N4. The summed E-state index contributed by atoms with van der Waals surface area (Å²) in [6.45, 7) is 6.51. The Hall–Kier alpha value is -0.940. The van der Waals surface area contributed by atoms with Crippen LogP contribution in [0.5, 0.6) is 0 Å². The lowest BCUT2D eigenvalue weighted by atomic mass is 10.2. The number of nitrogens with one attached hydrogen (secondary N) is 3. The molecule has 0 aliphatic carbocycles. The first kappa shape index (κ1) is 14.1. The predicted octanol–water partition coefficient (Wildman–Crippen LogP) is -0.0859. The van der Waals surface area contributed by atoms with Crippen LogP contribution in [0.15, 0.2) is 30.3 Å². The molecule has 96 valence electrons. The van der Waals surface area contributed by atoms with Crippen LogP contribution in [0.2, 0.25) is 0 Å². The molecule has 1 aromatic carbocycles. The molecule has 0 bridgehead atoms. The molecule has 0 aliphatic rings. The van der Waals surface area contributed by atoms with Gasteiger partial charge in [0, 0.05) is 45.8 Å². The van der Waals surface area contributed by atoms with Crippen molar-refractivity contribution in [2.45, 2.75) is 6.54 Å². The van der Waals surface area contributed by atoms with Crippen LogP contribution in [0.4, 0.5) is 0 Å². The highest BCUT2D eigenvalue weighted by molar-refractivity contribution is 5.14. The molecule has 0 atom stereocenters. The molecule has 0 saturated carbocycles. The Kier molecular flexibility index (Phi) is 8.50. The third kappa shape index (κ3) is 7.88. The summed E-state index contributed by atoms with van der Waals surface area (Å²) >= 11 is 0. The van der Waals surface area contributed by atoms with E-state index < -0.39 is 0 Å². The minimum absolute atomic E-state index is 0.707. The fourth-order valence-electron chi connectivity index (χ4n) is 1.53. The van der Waals surface area contributed by atoms with Gasteiger partial charge in [0.15, 0.2) is 0 Å². The van der Waals surface area contributed by atoms with Crippen molar-refractivity contribution >= 4 is 0 Å². The minimum atomic E-state index is 0.707. The summed E-state index contributed by atoms with van der Waals surface area (Å²) in [4.78, 5) is 0. The van der Waals surface area contributed by atoms with Crippen LogP contribution in [0.3, 0.4) is 0 Å². The number of rotatable bonds is 10. The van der Waals surface area contributed by atoms with Gasteiger partial charge in [-0.2, -0.15) is 0 Å². The number of benzene rings is 1. The zero-order chi connectivity index (χ0) is 12.2. The maximum Gasteiger partial charge on any atom is 0.0206 e. The summed E-state index contributed by atoms with van der Waals surface area (Å²) in [7, 11) is 0. The van der Waals surface area contributed by atoms with Gasteiger partial charge in [-0.15, -0.1) is 0 Å². The Morgan fingerprint density at radius 2 is 1.35 bits per heavy atom. The molecule has 5 N–H and O–H groups in total. The SMILES string of the molecule is NCCNCCNCCNCc1ccccc1. The Morgan fingerprint density at radius 1 is 0.765 bits per heavy atom. The van der Waals surface area contributed by atoms with E-state index in [0.29, 0.717) is 6.54 Å². The standard InChI is InChI=1S/C13H24N4/c14-6-7-15-8-9-16-10-11-17-12-13-4-2-1-3-5-13/h1-5,15-17H,6-12,14H2. The summed E-state index contributed by atoms with van der Waals surface area (Å²) in [6.07, 6.45) is 0. The van der Waals surface area contributed by atoms with Crippen molar-refractivity contribution in [2.24, 2.45) is 5.73 Å². The minimum Gasteiger partial charge on any atom is -0.329 e. The molecule has 4 nitrogen and oxygen atoms in total. The summed E-state index contributed by atoms with van der Waals surface area (Å²) in [5.74, 6) is 0. The van der Waals surface area contributed by atoms with E-state index in [-0.39, 0.29) is 0 Å². The number of hydrogen-bond donors (Lipinski definition) is 4. The van der Waals surface area contributed by atoms with E-state index in [4.69, 9.17) is 5.73 Å². The van der Waals surface area contributed by atoms with Gasteiger partial charge in [-0.05, 0) is 5.56 Å². The van der Waals surface area contributed by atoms with E-state index in [2.05, 4.69) is 40.2 Å². The average molecular weight is 236 g/mol.